The molecule has 1 aliphatic rings. The van der Waals surface area contributed by atoms with Crippen LogP contribution in [0.15, 0.2) is 11.2 Å². The van der Waals surface area contributed by atoms with Crippen molar-refractivity contribution in [2.75, 3.05) is 13.1 Å². The molecule has 1 atom stereocenters. The lowest BCUT2D eigenvalue weighted by Gasteiger charge is -2.15. The maximum atomic E-state index is 12.3. The number of nitrogens with one attached hydrogen (secondary N) is 1. The summed E-state index contributed by atoms with van der Waals surface area (Å²) < 4.78 is 26.2. The highest BCUT2D eigenvalue weighted by atomic mass is 32.2. The normalized spacial score (nSPS) is 22.1. The molecule has 0 amide bonds. The molecule has 2 heterocycles. The van der Waals surface area contributed by atoms with Crippen molar-refractivity contribution in [1.29, 1.82) is 0 Å². The highest BCUT2D eigenvalue weighted by Crippen LogP contribution is 2.26. The van der Waals surface area contributed by atoms with Gasteiger partial charge in [0, 0.05) is 25.2 Å². The fourth-order valence-electron chi connectivity index (χ4n) is 2.15. The average Bonchev–Trinajstić information content (AvgIpc) is 2.97. The highest BCUT2D eigenvalue weighted by Gasteiger charge is 2.33. The monoisotopic (exact) mass is 258 g/mol. The van der Waals surface area contributed by atoms with E-state index in [2.05, 4.69) is 17.1 Å². The van der Waals surface area contributed by atoms with Crippen LogP contribution in [0.3, 0.4) is 0 Å². The van der Waals surface area contributed by atoms with Crippen LogP contribution in [0.1, 0.15) is 25.3 Å². The highest BCUT2D eigenvalue weighted by molar-refractivity contribution is 7.89. The minimum Gasteiger partial charge on any atom is -0.326 e. The Balaban J connectivity index is 2.26. The van der Waals surface area contributed by atoms with Gasteiger partial charge in [-0.2, -0.15) is 9.40 Å². The van der Waals surface area contributed by atoms with Gasteiger partial charge in [0.2, 0.25) is 0 Å². The third-order valence-electron chi connectivity index (χ3n) is 3.32. The minimum absolute atomic E-state index is 0.150. The Morgan fingerprint density at radius 2 is 2.41 bits per heavy atom. The van der Waals surface area contributed by atoms with Crippen molar-refractivity contribution in [2.45, 2.75) is 31.3 Å². The maximum absolute atomic E-state index is 12.3. The van der Waals surface area contributed by atoms with Crippen LogP contribution in [0.4, 0.5) is 0 Å². The number of nitrogens with two attached hydrogens (primary N) is 1. The SMILES string of the molecule is CCC1CCN(S(=O)(=O)c2[nH]ncc2CN)C1. The summed E-state index contributed by atoms with van der Waals surface area (Å²) in [5.74, 6) is 0.467. The molecule has 0 spiro atoms. The van der Waals surface area contributed by atoms with Crippen LogP contribution in [0.2, 0.25) is 0 Å². The molecular weight excluding hydrogens is 240 g/mol. The number of rotatable bonds is 4. The Kier molecular flexibility index (Phi) is 3.50. The first-order valence-electron chi connectivity index (χ1n) is 5.82. The van der Waals surface area contributed by atoms with Gasteiger partial charge in [-0.3, -0.25) is 5.10 Å². The van der Waals surface area contributed by atoms with Crippen LogP contribution in [0.25, 0.3) is 0 Å². The van der Waals surface area contributed by atoms with Gasteiger partial charge in [0.05, 0.1) is 6.20 Å². The molecule has 0 radical (unpaired) electrons. The van der Waals surface area contributed by atoms with Gasteiger partial charge in [0.15, 0.2) is 5.03 Å². The van der Waals surface area contributed by atoms with Gasteiger partial charge in [-0.1, -0.05) is 13.3 Å². The predicted molar refractivity (Wildman–Crippen MR) is 63.6 cm³/mol. The zero-order valence-electron chi connectivity index (χ0n) is 9.89. The Bertz CT molecular complexity index is 482. The average molecular weight is 258 g/mol. The number of hydrogen-bond donors (Lipinski definition) is 2. The molecule has 1 saturated heterocycles. The van der Waals surface area contributed by atoms with E-state index in [4.69, 9.17) is 5.73 Å². The summed E-state index contributed by atoms with van der Waals surface area (Å²) >= 11 is 0. The zero-order chi connectivity index (χ0) is 12.5. The third-order valence-corrected chi connectivity index (χ3v) is 5.20. The molecule has 0 saturated carbocycles. The van der Waals surface area contributed by atoms with Crippen LogP contribution in [-0.4, -0.2) is 36.0 Å². The lowest BCUT2D eigenvalue weighted by molar-refractivity contribution is 0.450. The first-order chi connectivity index (χ1) is 8.09. The van der Waals surface area contributed by atoms with Gasteiger partial charge in [0.25, 0.3) is 10.0 Å². The molecule has 1 fully saturated rings. The number of hydrogen-bond acceptors (Lipinski definition) is 4. The lowest BCUT2D eigenvalue weighted by atomic mass is 10.1. The smallest absolute Gasteiger partial charge is 0.260 e. The van der Waals surface area contributed by atoms with Crippen LogP contribution in [0.5, 0.6) is 0 Å². The quantitative estimate of drug-likeness (QED) is 0.812. The van der Waals surface area contributed by atoms with Gasteiger partial charge in [-0.15, -0.1) is 0 Å². The van der Waals surface area contributed by atoms with Crippen LogP contribution in [-0.2, 0) is 16.6 Å². The van der Waals surface area contributed by atoms with Crippen molar-refractivity contribution >= 4 is 10.0 Å². The van der Waals surface area contributed by atoms with Gasteiger partial charge < -0.3 is 5.73 Å². The summed E-state index contributed by atoms with van der Waals surface area (Å²) in [4.78, 5) is 0. The Morgan fingerprint density at radius 1 is 1.65 bits per heavy atom. The maximum Gasteiger partial charge on any atom is 0.260 e. The van der Waals surface area contributed by atoms with E-state index < -0.39 is 10.0 Å². The Morgan fingerprint density at radius 3 is 3.00 bits per heavy atom. The molecule has 7 heteroatoms. The molecule has 1 aliphatic heterocycles. The van der Waals surface area contributed by atoms with Gasteiger partial charge in [-0.05, 0) is 12.3 Å². The molecule has 0 aromatic carbocycles. The molecule has 6 nitrogen and oxygen atoms in total. The minimum atomic E-state index is -3.45. The van der Waals surface area contributed by atoms with Crippen molar-refractivity contribution in [3.63, 3.8) is 0 Å². The van der Waals surface area contributed by atoms with Crippen molar-refractivity contribution in [2.24, 2.45) is 11.7 Å². The Labute approximate surface area is 101 Å². The number of aromatic nitrogens is 2. The topological polar surface area (TPSA) is 92.1 Å². The van der Waals surface area contributed by atoms with Crippen molar-refractivity contribution in [3.8, 4) is 0 Å². The van der Waals surface area contributed by atoms with E-state index in [1.54, 1.807) is 0 Å². The van der Waals surface area contributed by atoms with E-state index in [0.29, 0.717) is 24.6 Å². The molecule has 1 aromatic heterocycles. The number of H-pyrrole nitrogens is 1. The summed E-state index contributed by atoms with van der Waals surface area (Å²) in [6.45, 7) is 3.45. The number of sulfonamides is 1. The van der Waals surface area contributed by atoms with Gasteiger partial charge >= 0.3 is 0 Å². The van der Waals surface area contributed by atoms with E-state index in [1.807, 2.05) is 0 Å². The second-order valence-electron chi connectivity index (χ2n) is 4.35. The van der Waals surface area contributed by atoms with E-state index in [0.717, 1.165) is 12.8 Å². The third kappa shape index (κ3) is 2.22. The van der Waals surface area contributed by atoms with Crippen LogP contribution in [0, 0.1) is 5.92 Å². The summed E-state index contributed by atoms with van der Waals surface area (Å²) in [5, 5.41) is 6.46. The van der Waals surface area contributed by atoms with Gasteiger partial charge in [-0.25, -0.2) is 8.42 Å². The number of aromatic amines is 1. The predicted octanol–water partition coefficient (Wildman–Crippen LogP) is 0.289. The van der Waals surface area contributed by atoms with Crippen molar-refractivity contribution in [3.05, 3.63) is 11.8 Å². The largest absolute Gasteiger partial charge is 0.326 e. The van der Waals surface area contributed by atoms with Crippen LogP contribution >= 0.6 is 0 Å². The molecule has 3 N–H and O–H groups in total. The molecule has 1 aromatic rings. The number of nitrogens with zero attached hydrogens (tertiary/aromatic N) is 2. The molecule has 17 heavy (non-hydrogen) atoms. The van der Waals surface area contributed by atoms with Crippen molar-refractivity contribution < 1.29 is 8.42 Å². The molecule has 0 bridgehead atoms. The lowest BCUT2D eigenvalue weighted by Crippen LogP contribution is -2.30. The Hall–Kier alpha value is -0.920. The summed E-state index contributed by atoms with van der Waals surface area (Å²) in [5.41, 5.74) is 6.05. The van der Waals surface area contributed by atoms with E-state index >= 15 is 0 Å². The summed E-state index contributed by atoms with van der Waals surface area (Å²) in [6.07, 6.45) is 3.42. The van der Waals surface area contributed by atoms with E-state index in [9.17, 15) is 8.42 Å². The first kappa shape index (κ1) is 12.5. The summed E-state index contributed by atoms with van der Waals surface area (Å²) in [7, 11) is -3.45. The molecular formula is C10H18N4O2S. The summed E-state index contributed by atoms with van der Waals surface area (Å²) in [6, 6.07) is 0. The molecule has 96 valence electrons. The fourth-order valence-corrected chi connectivity index (χ4v) is 3.79. The molecule has 2 rings (SSSR count). The second kappa shape index (κ2) is 4.75. The molecule has 1 unspecified atom stereocenters. The second-order valence-corrected chi connectivity index (χ2v) is 6.23. The van der Waals surface area contributed by atoms with E-state index in [-0.39, 0.29) is 11.6 Å². The van der Waals surface area contributed by atoms with Crippen molar-refractivity contribution in [1.82, 2.24) is 14.5 Å². The van der Waals surface area contributed by atoms with Gasteiger partial charge in [0.1, 0.15) is 0 Å². The fraction of sp³-hybridized carbons (Fsp3) is 0.700. The van der Waals surface area contributed by atoms with Crippen LogP contribution < -0.4 is 5.73 Å². The van der Waals surface area contributed by atoms with E-state index in [1.165, 1.54) is 10.5 Å². The first-order valence-corrected chi connectivity index (χ1v) is 7.26. The molecule has 0 aliphatic carbocycles. The standard InChI is InChI=1S/C10H18N4O2S/c1-2-8-3-4-14(7-8)17(15,16)10-9(5-11)6-12-13-10/h6,8H,2-5,7,11H2,1H3,(H,12,13). The zero-order valence-corrected chi connectivity index (χ0v) is 10.7.